The van der Waals surface area contributed by atoms with Crippen LogP contribution in [0, 0.1) is 5.92 Å². The third-order valence-electron chi connectivity index (χ3n) is 1.67. The normalized spacial score (nSPS) is 13.8. The average Bonchev–Trinajstić information content (AvgIpc) is 1.96. The molecule has 15 heavy (non-hydrogen) atoms. The molecule has 0 bridgehead atoms. The van der Waals surface area contributed by atoms with Crippen LogP contribution in [0.4, 0.5) is 4.79 Å². The maximum atomic E-state index is 11.3. The number of nitrogens with one attached hydrogen (secondary N) is 1. The van der Waals surface area contributed by atoms with Gasteiger partial charge in [-0.25, -0.2) is 4.79 Å². The molecule has 0 aliphatic rings. The Hall–Kier alpha value is -0.770. The van der Waals surface area contributed by atoms with Gasteiger partial charge in [0.1, 0.15) is 5.60 Å². The van der Waals surface area contributed by atoms with Crippen molar-refractivity contribution in [3.63, 3.8) is 0 Å². The van der Waals surface area contributed by atoms with Gasteiger partial charge < -0.3 is 15.0 Å². The van der Waals surface area contributed by atoms with Crippen LogP contribution in [0.5, 0.6) is 0 Å². The summed E-state index contributed by atoms with van der Waals surface area (Å²) in [6.07, 6.45) is -0.340. The molecule has 1 N–H and O–H groups in total. The molecule has 0 aliphatic carbocycles. The molecule has 0 fully saturated rings. The highest BCUT2D eigenvalue weighted by atomic mass is 16.6. The van der Waals surface area contributed by atoms with Crippen LogP contribution < -0.4 is 5.32 Å². The summed E-state index contributed by atoms with van der Waals surface area (Å²) in [5.41, 5.74) is -0.422. The Morgan fingerprint density at radius 3 is 2.33 bits per heavy atom. The lowest BCUT2D eigenvalue weighted by Crippen LogP contribution is -2.36. The van der Waals surface area contributed by atoms with Gasteiger partial charge in [-0.1, -0.05) is 6.92 Å². The van der Waals surface area contributed by atoms with E-state index in [1.54, 1.807) is 0 Å². The van der Waals surface area contributed by atoms with E-state index in [4.69, 9.17) is 4.74 Å². The SMILES string of the molecule is CC(CNC(=O)OC(C)(C)C)CN(C)C. The summed E-state index contributed by atoms with van der Waals surface area (Å²) in [5.74, 6) is 0.424. The van der Waals surface area contributed by atoms with Gasteiger partial charge in [0.15, 0.2) is 0 Å². The Bertz CT molecular complexity index is 197. The van der Waals surface area contributed by atoms with E-state index in [-0.39, 0.29) is 6.09 Å². The van der Waals surface area contributed by atoms with Gasteiger partial charge in [0, 0.05) is 13.1 Å². The second-order valence-corrected chi connectivity index (χ2v) is 5.25. The van der Waals surface area contributed by atoms with Crippen molar-refractivity contribution in [1.29, 1.82) is 0 Å². The summed E-state index contributed by atoms with van der Waals surface area (Å²) in [5, 5.41) is 2.76. The molecule has 0 saturated carbocycles. The molecule has 0 spiro atoms. The van der Waals surface area contributed by atoms with Gasteiger partial charge in [-0.2, -0.15) is 0 Å². The number of nitrogens with zero attached hydrogens (tertiary/aromatic N) is 1. The zero-order valence-corrected chi connectivity index (χ0v) is 10.8. The van der Waals surface area contributed by atoms with Crippen molar-refractivity contribution in [2.75, 3.05) is 27.2 Å². The van der Waals surface area contributed by atoms with Crippen LogP contribution in [0.1, 0.15) is 27.7 Å². The second-order valence-electron chi connectivity index (χ2n) is 5.25. The first kappa shape index (κ1) is 14.2. The van der Waals surface area contributed by atoms with E-state index in [2.05, 4.69) is 17.1 Å². The van der Waals surface area contributed by atoms with E-state index in [0.29, 0.717) is 12.5 Å². The number of amides is 1. The molecule has 1 amide bonds. The molecule has 0 aromatic heterocycles. The minimum Gasteiger partial charge on any atom is -0.444 e. The molecule has 0 saturated heterocycles. The Kier molecular flexibility index (Phi) is 5.65. The highest BCUT2D eigenvalue weighted by molar-refractivity contribution is 5.67. The Morgan fingerprint density at radius 1 is 1.40 bits per heavy atom. The fourth-order valence-electron chi connectivity index (χ4n) is 1.26. The number of rotatable bonds is 4. The molecule has 1 atom stereocenters. The largest absolute Gasteiger partial charge is 0.444 e. The molecule has 0 aromatic carbocycles. The van der Waals surface area contributed by atoms with E-state index in [0.717, 1.165) is 6.54 Å². The third-order valence-corrected chi connectivity index (χ3v) is 1.67. The fourth-order valence-corrected chi connectivity index (χ4v) is 1.26. The molecule has 0 aromatic rings. The number of hydrogen-bond acceptors (Lipinski definition) is 3. The lowest BCUT2D eigenvalue weighted by atomic mass is 10.2. The van der Waals surface area contributed by atoms with Gasteiger partial charge >= 0.3 is 6.09 Å². The van der Waals surface area contributed by atoms with Crippen LogP contribution in [0.15, 0.2) is 0 Å². The molecule has 1 unspecified atom stereocenters. The van der Waals surface area contributed by atoms with Crippen LogP contribution in [0.25, 0.3) is 0 Å². The minimum absolute atomic E-state index is 0.340. The van der Waals surface area contributed by atoms with E-state index in [1.165, 1.54) is 0 Å². The molecule has 0 aliphatic heterocycles. The average molecular weight is 216 g/mol. The Labute approximate surface area is 93.0 Å². The lowest BCUT2D eigenvalue weighted by Gasteiger charge is -2.21. The summed E-state index contributed by atoms with van der Waals surface area (Å²) < 4.78 is 5.13. The van der Waals surface area contributed by atoms with Crippen LogP contribution in [0.3, 0.4) is 0 Å². The number of ether oxygens (including phenoxy) is 1. The topological polar surface area (TPSA) is 41.6 Å². The summed E-state index contributed by atoms with van der Waals surface area (Å²) in [7, 11) is 4.04. The van der Waals surface area contributed by atoms with E-state index >= 15 is 0 Å². The van der Waals surface area contributed by atoms with E-state index < -0.39 is 5.60 Å². The molecule has 90 valence electrons. The predicted octanol–water partition coefficient (Wildman–Crippen LogP) is 1.71. The van der Waals surface area contributed by atoms with Crippen LogP contribution in [0.2, 0.25) is 0 Å². The maximum Gasteiger partial charge on any atom is 0.407 e. The fraction of sp³-hybridized carbons (Fsp3) is 0.909. The van der Waals surface area contributed by atoms with Crippen molar-refractivity contribution in [3.8, 4) is 0 Å². The van der Waals surface area contributed by atoms with Crippen molar-refractivity contribution in [1.82, 2.24) is 10.2 Å². The number of carbonyl (C=O) groups is 1. The first-order chi connectivity index (χ1) is 6.70. The minimum atomic E-state index is -0.422. The molecule has 4 nitrogen and oxygen atoms in total. The van der Waals surface area contributed by atoms with Gasteiger partial charge in [-0.3, -0.25) is 0 Å². The number of hydrogen-bond donors (Lipinski definition) is 1. The second kappa shape index (κ2) is 5.95. The zero-order chi connectivity index (χ0) is 12.1. The molecule has 0 radical (unpaired) electrons. The third kappa shape index (κ3) is 9.53. The summed E-state index contributed by atoms with van der Waals surface area (Å²) >= 11 is 0. The quantitative estimate of drug-likeness (QED) is 0.778. The van der Waals surface area contributed by atoms with Gasteiger partial charge in [0.05, 0.1) is 0 Å². The lowest BCUT2D eigenvalue weighted by molar-refractivity contribution is 0.0518. The van der Waals surface area contributed by atoms with Crippen molar-refractivity contribution in [2.45, 2.75) is 33.3 Å². The number of alkyl carbamates (subject to hydrolysis) is 1. The van der Waals surface area contributed by atoms with Gasteiger partial charge in [-0.05, 0) is 40.8 Å². The standard InChI is InChI=1S/C11H24N2O2/c1-9(8-13(5)6)7-12-10(14)15-11(2,3)4/h9H,7-8H2,1-6H3,(H,12,14). The highest BCUT2D eigenvalue weighted by Gasteiger charge is 2.16. The van der Waals surface area contributed by atoms with Crippen molar-refractivity contribution in [3.05, 3.63) is 0 Å². The molecule has 0 rings (SSSR count). The summed E-state index contributed by atoms with van der Waals surface area (Å²) in [4.78, 5) is 13.4. The molecule has 4 heteroatoms. The zero-order valence-electron chi connectivity index (χ0n) is 10.8. The van der Waals surface area contributed by atoms with Gasteiger partial charge in [0.2, 0.25) is 0 Å². The van der Waals surface area contributed by atoms with Crippen molar-refractivity contribution in [2.24, 2.45) is 5.92 Å². The highest BCUT2D eigenvalue weighted by Crippen LogP contribution is 2.06. The monoisotopic (exact) mass is 216 g/mol. The first-order valence-corrected chi connectivity index (χ1v) is 5.32. The smallest absolute Gasteiger partial charge is 0.407 e. The Morgan fingerprint density at radius 2 is 1.93 bits per heavy atom. The van der Waals surface area contributed by atoms with Crippen LogP contribution in [-0.2, 0) is 4.74 Å². The van der Waals surface area contributed by atoms with E-state index in [9.17, 15) is 4.79 Å². The molecular weight excluding hydrogens is 192 g/mol. The van der Waals surface area contributed by atoms with E-state index in [1.807, 2.05) is 34.9 Å². The maximum absolute atomic E-state index is 11.3. The Balaban J connectivity index is 3.72. The van der Waals surface area contributed by atoms with Gasteiger partial charge in [-0.15, -0.1) is 0 Å². The van der Waals surface area contributed by atoms with Crippen LogP contribution >= 0.6 is 0 Å². The first-order valence-electron chi connectivity index (χ1n) is 5.32. The predicted molar refractivity (Wildman–Crippen MR) is 62.0 cm³/mol. The summed E-state index contributed by atoms with van der Waals surface area (Å²) in [6.45, 7) is 9.27. The molecule has 0 heterocycles. The number of carbonyl (C=O) groups excluding carboxylic acids is 1. The van der Waals surface area contributed by atoms with Gasteiger partial charge in [0.25, 0.3) is 0 Å². The summed E-state index contributed by atoms with van der Waals surface area (Å²) in [6, 6.07) is 0. The van der Waals surface area contributed by atoms with Crippen molar-refractivity contribution < 1.29 is 9.53 Å². The van der Waals surface area contributed by atoms with Crippen LogP contribution in [-0.4, -0.2) is 43.8 Å². The van der Waals surface area contributed by atoms with Crippen molar-refractivity contribution >= 4 is 6.09 Å². The molecular formula is C11H24N2O2.